The summed E-state index contributed by atoms with van der Waals surface area (Å²) in [5, 5.41) is 1.14. The molecule has 0 N–H and O–H groups in total. The minimum absolute atomic E-state index is 0.681. The summed E-state index contributed by atoms with van der Waals surface area (Å²) in [5.74, 6) is 0.794. The van der Waals surface area contributed by atoms with Gasteiger partial charge in [-0.05, 0) is 25.9 Å². The van der Waals surface area contributed by atoms with Crippen molar-refractivity contribution in [2.24, 2.45) is 11.3 Å². The van der Waals surface area contributed by atoms with Gasteiger partial charge < -0.3 is 9.80 Å². The Morgan fingerprint density at radius 2 is 2.07 bits per heavy atom. The van der Waals surface area contributed by atoms with E-state index in [0.717, 1.165) is 11.2 Å². The third kappa shape index (κ3) is 2.15. The summed E-state index contributed by atoms with van der Waals surface area (Å²) >= 11 is 3.56. The van der Waals surface area contributed by atoms with Gasteiger partial charge in [0.15, 0.2) is 0 Å². The van der Waals surface area contributed by atoms with Crippen LogP contribution in [0.4, 0.5) is 0 Å². The highest BCUT2D eigenvalue weighted by molar-refractivity contribution is 9.09. The van der Waals surface area contributed by atoms with Crippen molar-refractivity contribution < 1.29 is 0 Å². The molecule has 0 saturated carbocycles. The molecule has 0 bridgehead atoms. The SMILES string of the molecule is CC(CBr)CN1CCC2(CN(C)C2)C1. The summed E-state index contributed by atoms with van der Waals surface area (Å²) in [4.78, 5) is 5.09. The Hall–Kier alpha value is 0.400. The molecule has 1 unspecified atom stereocenters. The van der Waals surface area contributed by atoms with Gasteiger partial charge in [0.2, 0.25) is 0 Å². The quantitative estimate of drug-likeness (QED) is 0.713. The maximum absolute atomic E-state index is 3.56. The highest BCUT2D eigenvalue weighted by Crippen LogP contribution is 2.38. The lowest BCUT2D eigenvalue weighted by Gasteiger charge is -2.46. The Balaban J connectivity index is 1.78. The molecule has 0 aromatic rings. The summed E-state index contributed by atoms with van der Waals surface area (Å²) in [6.45, 7) is 8.92. The van der Waals surface area contributed by atoms with E-state index >= 15 is 0 Å². The first-order chi connectivity index (χ1) is 6.63. The summed E-state index contributed by atoms with van der Waals surface area (Å²) in [6.07, 6.45) is 1.42. The average molecular weight is 261 g/mol. The molecule has 0 aromatic heterocycles. The molecule has 82 valence electrons. The summed E-state index contributed by atoms with van der Waals surface area (Å²) < 4.78 is 0. The fraction of sp³-hybridized carbons (Fsp3) is 1.00. The van der Waals surface area contributed by atoms with Gasteiger partial charge in [-0.25, -0.2) is 0 Å². The molecule has 2 heterocycles. The van der Waals surface area contributed by atoms with E-state index in [0.29, 0.717) is 5.41 Å². The van der Waals surface area contributed by atoms with Crippen LogP contribution in [0.2, 0.25) is 0 Å². The Morgan fingerprint density at radius 1 is 1.36 bits per heavy atom. The van der Waals surface area contributed by atoms with Crippen LogP contribution in [0.1, 0.15) is 13.3 Å². The maximum Gasteiger partial charge on any atom is 0.00966 e. The maximum atomic E-state index is 3.56. The largest absolute Gasteiger partial charge is 0.305 e. The van der Waals surface area contributed by atoms with Crippen molar-refractivity contribution in [2.45, 2.75) is 13.3 Å². The highest BCUT2D eigenvalue weighted by atomic mass is 79.9. The minimum Gasteiger partial charge on any atom is -0.305 e. The molecule has 0 amide bonds. The molecule has 14 heavy (non-hydrogen) atoms. The van der Waals surface area contributed by atoms with Crippen molar-refractivity contribution in [2.75, 3.05) is 45.1 Å². The molecule has 2 aliphatic rings. The predicted octanol–water partition coefficient (Wildman–Crippen LogP) is 1.65. The molecule has 2 aliphatic heterocycles. The van der Waals surface area contributed by atoms with E-state index in [9.17, 15) is 0 Å². The van der Waals surface area contributed by atoms with E-state index in [-0.39, 0.29) is 0 Å². The Labute approximate surface area is 95.8 Å². The smallest absolute Gasteiger partial charge is 0.00966 e. The molecule has 0 aliphatic carbocycles. The second-order valence-electron chi connectivity index (χ2n) is 5.42. The molecule has 2 saturated heterocycles. The zero-order valence-electron chi connectivity index (χ0n) is 9.30. The summed E-state index contributed by atoms with van der Waals surface area (Å²) in [6, 6.07) is 0. The van der Waals surface area contributed by atoms with E-state index in [1.165, 1.54) is 39.1 Å². The topological polar surface area (TPSA) is 6.48 Å². The highest BCUT2D eigenvalue weighted by Gasteiger charge is 2.45. The Kier molecular flexibility index (Phi) is 3.20. The van der Waals surface area contributed by atoms with Crippen molar-refractivity contribution in [3.63, 3.8) is 0 Å². The molecular weight excluding hydrogens is 240 g/mol. The van der Waals surface area contributed by atoms with E-state index in [1.807, 2.05) is 0 Å². The number of halogens is 1. The molecule has 1 spiro atoms. The second-order valence-corrected chi connectivity index (χ2v) is 6.06. The van der Waals surface area contributed by atoms with E-state index < -0.39 is 0 Å². The third-order valence-corrected chi connectivity index (χ3v) is 4.67. The van der Waals surface area contributed by atoms with Crippen LogP contribution in [-0.4, -0.2) is 54.9 Å². The van der Waals surface area contributed by atoms with Crippen molar-refractivity contribution >= 4 is 15.9 Å². The van der Waals surface area contributed by atoms with Crippen LogP contribution < -0.4 is 0 Å². The van der Waals surface area contributed by atoms with Crippen LogP contribution >= 0.6 is 15.9 Å². The monoisotopic (exact) mass is 260 g/mol. The summed E-state index contributed by atoms with van der Waals surface area (Å²) in [5.41, 5.74) is 0.681. The fourth-order valence-electron chi connectivity index (χ4n) is 3.03. The van der Waals surface area contributed by atoms with Crippen LogP contribution in [-0.2, 0) is 0 Å². The van der Waals surface area contributed by atoms with Gasteiger partial charge in [0.1, 0.15) is 0 Å². The molecule has 2 nitrogen and oxygen atoms in total. The fourth-order valence-corrected chi connectivity index (χ4v) is 3.23. The minimum atomic E-state index is 0.681. The van der Waals surface area contributed by atoms with Crippen molar-refractivity contribution in [3.8, 4) is 0 Å². The lowest BCUT2D eigenvalue weighted by molar-refractivity contribution is 0.0299. The summed E-state index contributed by atoms with van der Waals surface area (Å²) in [7, 11) is 2.23. The molecule has 0 radical (unpaired) electrons. The van der Waals surface area contributed by atoms with Gasteiger partial charge >= 0.3 is 0 Å². The molecule has 1 atom stereocenters. The lowest BCUT2D eigenvalue weighted by atomic mass is 9.79. The van der Waals surface area contributed by atoms with Crippen LogP contribution in [0, 0.1) is 11.3 Å². The van der Waals surface area contributed by atoms with Crippen LogP contribution in [0.15, 0.2) is 0 Å². The second kappa shape index (κ2) is 4.11. The molecule has 0 aromatic carbocycles. The van der Waals surface area contributed by atoms with Gasteiger partial charge in [-0.1, -0.05) is 22.9 Å². The van der Waals surface area contributed by atoms with Gasteiger partial charge in [0, 0.05) is 36.9 Å². The van der Waals surface area contributed by atoms with Crippen LogP contribution in [0.25, 0.3) is 0 Å². The van der Waals surface area contributed by atoms with Gasteiger partial charge in [0.05, 0.1) is 0 Å². The van der Waals surface area contributed by atoms with Gasteiger partial charge in [-0.3, -0.25) is 0 Å². The number of alkyl halides is 1. The van der Waals surface area contributed by atoms with Crippen LogP contribution in [0.5, 0.6) is 0 Å². The number of nitrogens with zero attached hydrogens (tertiary/aromatic N) is 2. The Bertz CT molecular complexity index is 201. The van der Waals surface area contributed by atoms with Gasteiger partial charge in [-0.15, -0.1) is 0 Å². The normalized spacial score (nSPS) is 29.4. The third-order valence-electron chi connectivity index (χ3n) is 3.56. The molecule has 3 heteroatoms. The number of rotatable bonds is 3. The van der Waals surface area contributed by atoms with E-state index in [1.54, 1.807) is 0 Å². The predicted molar refractivity (Wildman–Crippen MR) is 63.9 cm³/mol. The van der Waals surface area contributed by atoms with Gasteiger partial charge in [0.25, 0.3) is 0 Å². The van der Waals surface area contributed by atoms with Crippen molar-refractivity contribution in [1.29, 1.82) is 0 Å². The zero-order valence-corrected chi connectivity index (χ0v) is 10.9. The zero-order chi connectivity index (χ0) is 10.2. The van der Waals surface area contributed by atoms with Gasteiger partial charge in [-0.2, -0.15) is 0 Å². The molecule has 2 rings (SSSR count). The van der Waals surface area contributed by atoms with Crippen LogP contribution in [0.3, 0.4) is 0 Å². The van der Waals surface area contributed by atoms with Crippen molar-refractivity contribution in [1.82, 2.24) is 9.80 Å². The van der Waals surface area contributed by atoms with E-state index in [2.05, 4.69) is 39.7 Å². The standard InChI is InChI=1S/C11H21BrN2/c1-10(5-12)6-14-4-3-11(9-14)7-13(2)8-11/h10H,3-9H2,1-2H3. The molecule has 2 fully saturated rings. The van der Waals surface area contributed by atoms with E-state index in [4.69, 9.17) is 0 Å². The number of hydrogen-bond acceptors (Lipinski definition) is 2. The van der Waals surface area contributed by atoms with Crippen molar-refractivity contribution in [3.05, 3.63) is 0 Å². The average Bonchev–Trinajstić information content (AvgIpc) is 2.48. The number of hydrogen-bond donors (Lipinski definition) is 0. The Morgan fingerprint density at radius 3 is 2.64 bits per heavy atom. The first-order valence-electron chi connectivity index (χ1n) is 5.60. The lowest BCUT2D eigenvalue weighted by Crippen LogP contribution is -2.55. The molecular formula is C11H21BrN2. The first-order valence-corrected chi connectivity index (χ1v) is 6.73. The first kappa shape index (κ1) is 10.9. The number of likely N-dealkylation sites (tertiary alicyclic amines) is 2.